The van der Waals surface area contributed by atoms with Crippen LogP contribution in [0.1, 0.15) is 26.0 Å². The summed E-state index contributed by atoms with van der Waals surface area (Å²) in [6.07, 6.45) is 0.0750. The minimum absolute atomic E-state index is 0.0750. The van der Waals surface area contributed by atoms with Crippen LogP contribution < -0.4 is 5.32 Å². The number of aryl methyl sites for hydroxylation is 1. The van der Waals surface area contributed by atoms with E-state index in [9.17, 15) is 4.79 Å². The van der Waals surface area contributed by atoms with Crippen LogP contribution in [0.4, 0.5) is 5.13 Å². The van der Waals surface area contributed by atoms with Gasteiger partial charge in [-0.05, 0) is 20.8 Å². The van der Waals surface area contributed by atoms with Crippen LogP contribution >= 0.6 is 11.3 Å². The maximum atomic E-state index is 10.6. The van der Waals surface area contributed by atoms with Crippen LogP contribution in [0.15, 0.2) is 5.38 Å². The highest BCUT2D eigenvalue weighted by atomic mass is 32.1. The predicted molar refractivity (Wildman–Crippen MR) is 56.8 cm³/mol. The summed E-state index contributed by atoms with van der Waals surface area (Å²) in [5.41, 5.74) is 0.486. The number of carboxylic acid groups (broad SMARTS) is 1. The summed E-state index contributed by atoms with van der Waals surface area (Å²) in [5.74, 6) is -0.809. The van der Waals surface area contributed by atoms with Gasteiger partial charge in [0.2, 0.25) is 0 Å². The van der Waals surface area contributed by atoms with E-state index < -0.39 is 11.5 Å². The van der Waals surface area contributed by atoms with Crippen molar-refractivity contribution in [2.24, 2.45) is 0 Å². The van der Waals surface area contributed by atoms with E-state index in [-0.39, 0.29) is 6.42 Å². The Hall–Kier alpha value is -1.10. The first kappa shape index (κ1) is 11.0. The summed E-state index contributed by atoms with van der Waals surface area (Å²) in [6, 6.07) is 0. The third-order valence-electron chi connectivity index (χ3n) is 1.66. The van der Waals surface area contributed by atoms with Gasteiger partial charge in [0.15, 0.2) is 5.13 Å². The highest BCUT2D eigenvalue weighted by Gasteiger charge is 2.22. The number of nitrogens with one attached hydrogen (secondary N) is 1. The maximum absolute atomic E-state index is 10.6. The monoisotopic (exact) mass is 214 g/mol. The van der Waals surface area contributed by atoms with Gasteiger partial charge in [-0.25, -0.2) is 4.98 Å². The molecular weight excluding hydrogens is 200 g/mol. The number of aliphatic carboxylic acids is 1. The first-order valence-corrected chi connectivity index (χ1v) is 5.19. The molecule has 4 nitrogen and oxygen atoms in total. The molecule has 0 saturated carbocycles. The van der Waals surface area contributed by atoms with E-state index in [1.165, 1.54) is 11.3 Å². The molecule has 1 aromatic heterocycles. The van der Waals surface area contributed by atoms with Gasteiger partial charge in [-0.15, -0.1) is 11.3 Å². The second-order valence-electron chi connectivity index (χ2n) is 3.87. The Labute approximate surface area is 87.0 Å². The molecule has 0 fully saturated rings. The average Bonchev–Trinajstić information content (AvgIpc) is 2.30. The van der Waals surface area contributed by atoms with Gasteiger partial charge in [0.05, 0.1) is 12.1 Å². The average molecular weight is 214 g/mol. The van der Waals surface area contributed by atoms with Gasteiger partial charge in [0, 0.05) is 10.9 Å². The summed E-state index contributed by atoms with van der Waals surface area (Å²) in [5, 5.41) is 14.5. The molecule has 0 aliphatic carbocycles. The van der Waals surface area contributed by atoms with E-state index in [0.717, 1.165) is 10.8 Å². The van der Waals surface area contributed by atoms with Crippen molar-refractivity contribution in [3.8, 4) is 0 Å². The van der Waals surface area contributed by atoms with Gasteiger partial charge in [0.25, 0.3) is 0 Å². The molecule has 1 heterocycles. The molecule has 5 heteroatoms. The lowest BCUT2D eigenvalue weighted by molar-refractivity contribution is -0.137. The molecule has 0 bridgehead atoms. The fourth-order valence-electron chi connectivity index (χ4n) is 1.12. The van der Waals surface area contributed by atoms with Gasteiger partial charge in [0.1, 0.15) is 0 Å². The van der Waals surface area contributed by atoms with Crippen molar-refractivity contribution in [2.75, 3.05) is 5.32 Å². The fourth-order valence-corrected chi connectivity index (χ4v) is 1.99. The SMILES string of the molecule is Cc1csc(NC(C)(C)CC(=O)O)n1. The first-order chi connectivity index (χ1) is 6.39. The standard InChI is InChI=1S/C9H14N2O2S/c1-6-5-14-8(10-6)11-9(2,3)4-7(12)13/h5H,4H2,1-3H3,(H,10,11)(H,12,13). The molecule has 2 N–H and O–H groups in total. The molecule has 0 saturated heterocycles. The molecule has 14 heavy (non-hydrogen) atoms. The maximum Gasteiger partial charge on any atom is 0.305 e. The lowest BCUT2D eigenvalue weighted by Crippen LogP contribution is -2.33. The van der Waals surface area contributed by atoms with Crippen molar-refractivity contribution in [3.63, 3.8) is 0 Å². The number of hydrogen-bond donors (Lipinski definition) is 2. The van der Waals surface area contributed by atoms with Crippen LogP contribution in [0.3, 0.4) is 0 Å². The predicted octanol–water partition coefficient (Wildman–Crippen LogP) is 2.12. The topological polar surface area (TPSA) is 62.2 Å². The molecule has 0 aromatic carbocycles. The fraction of sp³-hybridized carbons (Fsp3) is 0.556. The van der Waals surface area contributed by atoms with Crippen molar-refractivity contribution in [2.45, 2.75) is 32.7 Å². The van der Waals surface area contributed by atoms with Crippen molar-refractivity contribution < 1.29 is 9.90 Å². The van der Waals surface area contributed by atoms with Crippen LogP contribution in [0.5, 0.6) is 0 Å². The smallest absolute Gasteiger partial charge is 0.305 e. The zero-order chi connectivity index (χ0) is 10.8. The molecule has 0 unspecified atom stereocenters. The van der Waals surface area contributed by atoms with Crippen molar-refractivity contribution in [1.29, 1.82) is 0 Å². The second-order valence-corrected chi connectivity index (χ2v) is 4.73. The molecule has 0 aliphatic heterocycles. The zero-order valence-corrected chi connectivity index (χ0v) is 9.31. The molecule has 1 aromatic rings. The van der Waals surface area contributed by atoms with Crippen LogP contribution in [0.2, 0.25) is 0 Å². The molecule has 1 rings (SSSR count). The van der Waals surface area contributed by atoms with Crippen LogP contribution in [-0.2, 0) is 4.79 Å². The summed E-state index contributed by atoms with van der Waals surface area (Å²) < 4.78 is 0. The van der Waals surface area contributed by atoms with E-state index in [2.05, 4.69) is 10.3 Å². The normalized spacial score (nSPS) is 11.4. The Bertz CT molecular complexity index is 333. The number of carboxylic acids is 1. The summed E-state index contributed by atoms with van der Waals surface area (Å²) in [4.78, 5) is 14.8. The minimum Gasteiger partial charge on any atom is -0.481 e. The number of thiazole rings is 1. The van der Waals surface area contributed by atoms with Crippen LogP contribution in [-0.4, -0.2) is 21.6 Å². The van der Waals surface area contributed by atoms with Crippen molar-refractivity contribution in [3.05, 3.63) is 11.1 Å². The quantitative estimate of drug-likeness (QED) is 0.805. The number of nitrogens with zero attached hydrogens (tertiary/aromatic N) is 1. The lowest BCUT2D eigenvalue weighted by Gasteiger charge is -2.23. The van der Waals surface area contributed by atoms with E-state index in [0.29, 0.717) is 0 Å². The van der Waals surface area contributed by atoms with Crippen molar-refractivity contribution in [1.82, 2.24) is 4.98 Å². The number of rotatable bonds is 4. The van der Waals surface area contributed by atoms with Gasteiger partial charge < -0.3 is 10.4 Å². The van der Waals surface area contributed by atoms with Crippen LogP contribution in [0.25, 0.3) is 0 Å². The Morgan fingerprint density at radius 2 is 2.36 bits per heavy atom. The minimum atomic E-state index is -0.809. The zero-order valence-electron chi connectivity index (χ0n) is 8.50. The third-order valence-corrected chi connectivity index (χ3v) is 2.53. The molecule has 78 valence electrons. The van der Waals surface area contributed by atoms with E-state index >= 15 is 0 Å². The Morgan fingerprint density at radius 3 is 2.79 bits per heavy atom. The molecular formula is C9H14N2O2S. The Morgan fingerprint density at radius 1 is 1.71 bits per heavy atom. The molecule has 0 amide bonds. The largest absolute Gasteiger partial charge is 0.481 e. The molecule has 0 aliphatic rings. The van der Waals surface area contributed by atoms with Crippen molar-refractivity contribution >= 4 is 22.4 Å². The summed E-state index contributed by atoms with van der Waals surface area (Å²) in [6.45, 7) is 5.60. The number of carbonyl (C=O) groups is 1. The first-order valence-electron chi connectivity index (χ1n) is 4.31. The Balaban J connectivity index is 2.63. The number of hydrogen-bond acceptors (Lipinski definition) is 4. The summed E-state index contributed by atoms with van der Waals surface area (Å²) in [7, 11) is 0. The van der Waals surface area contributed by atoms with Gasteiger partial charge >= 0.3 is 5.97 Å². The lowest BCUT2D eigenvalue weighted by atomic mass is 10.0. The van der Waals surface area contributed by atoms with Crippen LogP contribution in [0, 0.1) is 6.92 Å². The molecule has 0 radical (unpaired) electrons. The number of anilines is 1. The highest BCUT2D eigenvalue weighted by molar-refractivity contribution is 7.13. The molecule has 0 atom stereocenters. The highest BCUT2D eigenvalue weighted by Crippen LogP contribution is 2.21. The van der Waals surface area contributed by atoms with Gasteiger partial charge in [-0.2, -0.15) is 0 Å². The number of aromatic nitrogens is 1. The Kier molecular flexibility index (Phi) is 3.10. The third kappa shape index (κ3) is 3.33. The van der Waals surface area contributed by atoms with E-state index in [1.807, 2.05) is 26.2 Å². The second kappa shape index (κ2) is 3.96. The van der Waals surface area contributed by atoms with E-state index in [4.69, 9.17) is 5.11 Å². The van der Waals surface area contributed by atoms with E-state index in [1.54, 1.807) is 0 Å². The summed E-state index contributed by atoms with van der Waals surface area (Å²) >= 11 is 1.49. The van der Waals surface area contributed by atoms with Gasteiger partial charge in [-0.1, -0.05) is 0 Å². The van der Waals surface area contributed by atoms with Gasteiger partial charge in [-0.3, -0.25) is 4.79 Å². The molecule has 0 spiro atoms.